The summed E-state index contributed by atoms with van der Waals surface area (Å²) in [4.78, 5) is 17.2. The average Bonchev–Trinajstić information content (AvgIpc) is 2.02. The van der Waals surface area contributed by atoms with E-state index in [9.17, 15) is 4.57 Å². The molecule has 0 aromatic heterocycles. The summed E-state index contributed by atoms with van der Waals surface area (Å²) in [6, 6.07) is 6.28. The highest BCUT2D eigenvalue weighted by Crippen LogP contribution is 2.34. The maximum absolute atomic E-state index is 10.5. The first-order valence-corrected chi connectivity index (χ1v) is 5.59. The van der Waals surface area contributed by atoms with E-state index in [1.807, 2.05) is 0 Å². The van der Waals surface area contributed by atoms with Gasteiger partial charge in [0.05, 0.1) is 6.16 Å². The van der Waals surface area contributed by atoms with Gasteiger partial charge in [0, 0.05) is 0 Å². The van der Waals surface area contributed by atoms with Crippen molar-refractivity contribution in [2.75, 3.05) is 6.16 Å². The Balaban J connectivity index is 2.56. The summed E-state index contributed by atoms with van der Waals surface area (Å²) in [6.45, 7) is 0. The second-order valence-corrected chi connectivity index (χ2v) is 4.58. The monoisotopic (exact) mass is 202 g/mol. The average molecular weight is 202 g/mol. The Bertz CT molecular complexity index is 313. The molecule has 5 heteroatoms. The van der Waals surface area contributed by atoms with Gasteiger partial charge in [-0.3, -0.25) is 4.57 Å². The van der Waals surface area contributed by atoms with Crippen LogP contribution >= 0.6 is 7.60 Å². The molecule has 0 bridgehead atoms. The Kier molecular flexibility index (Phi) is 3.09. The van der Waals surface area contributed by atoms with Crippen LogP contribution < -0.4 is 0 Å². The largest absolute Gasteiger partial charge is 0.508 e. The molecule has 0 fully saturated rings. The fourth-order valence-electron chi connectivity index (χ4n) is 0.937. The lowest BCUT2D eigenvalue weighted by molar-refractivity contribution is 0.373. The van der Waals surface area contributed by atoms with E-state index in [-0.39, 0.29) is 11.9 Å². The first-order chi connectivity index (χ1) is 5.97. The highest BCUT2D eigenvalue weighted by molar-refractivity contribution is 7.51. The lowest BCUT2D eigenvalue weighted by Crippen LogP contribution is -1.92. The number of phenols is 1. The van der Waals surface area contributed by atoms with Crippen LogP contribution in [-0.2, 0) is 11.0 Å². The summed E-state index contributed by atoms with van der Waals surface area (Å²) >= 11 is 0. The summed E-state index contributed by atoms with van der Waals surface area (Å²) in [5.74, 6) is 0.153. The lowest BCUT2D eigenvalue weighted by Gasteiger charge is -2.03. The van der Waals surface area contributed by atoms with Gasteiger partial charge in [-0.05, 0) is 24.1 Å². The zero-order chi connectivity index (χ0) is 9.90. The van der Waals surface area contributed by atoms with Crippen LogP contribution in [0.5, 0.6) is 5.75 Å². The highest BCUT2D eigenvalue weighted by Gasteiger charge is 2.11. The van der Waals surface area contributed by atoms with Crippen molar-refractivity contribution in [3.8, 4) is 5.75 Å². The van der Waals surface area contributed by atoms with Crippen molar-refractivity contribution in [2.24, 2.45) is 0 Å². The molecule has 1 aromatic carbocycles. The molecule has 0 heterocycles. The third-order valence-electron chi connectivity index (χ3n) is 1.63. The van der Waals surface area contributed by atoms with Crippen LogP contribution in [0.3, 0.4) is 0 Å². The molecule has 0 saturated heterocycles. The van der Waals surface area contributed by atoms with Crippen LogP contribution in [0.4, 0.5) is 0 Å². The van der Waals surface area contributed by atoms with Gasteiger partial charge in [-0.25, -0.2) is 0 Å². The number of aromatic hydroxyl groups is 1. The molecule has 72 valence electrons. The third kappa shape index (κ3) is 4.08. The smallest absolute Gasteiger partial charge is 0.325 e. The van der Waals surface area contributed by atoms with E-state index >= 15 is 0 Å². The van der Waals surface area contributed by atoms with Crippen molar-refractivity contribution >= 4 is 7.60 Å². The lowest BCUT2D eigenvalue weighted by atomic mass is 10.2. The first kappa shape index (κ1) is 10.3. The molecule has 3 N–H and O–H groups in total. The molecule has 4 nitrogen and oxygen atoms in total. The quantitative estimate of drug-likeness (QED) is 0.641. The third-order valence-corrected chi connectivity index (χ3v) is 2.43. The van der Waals surface area contributed by atoms with Gasteiger partial charge < -0.3 is 14.9 Å². The molecule has 0 aliphatic carbocycles. The molecule has 0 saturated carbocycles. The fraction of sp³-hybridized carbons (Fsp3) is 0.250. The van der Waals surface area contributed by atoms with E-state index < -0.39 is 7.60 Å². The number of hydrogen-bond acceptors (Lipinski definition) is 2. The molecular weight excluding hydrogens is 191 g/mol. The first-order valence-electron chi connectivity index (χ1n) is 3.80. The van der Waals surface area contributed by atoms with E-state index in [1.165, 1.54) is 12.1 Å². The topological polar surface area (TPSA) is 77.8 Å². The molecule has 0 aliphatic rings. The number of benzene rings is 1. The van der Waals surface area contributed by atoms with Gasteiger partial charge >= 0.3 is 7.60 Å². The predicted octanol–water partition coefficient (Wildman–Crippen LogP) is 1.11. The van der Waals surface area contributed by atoms with Gasteiger partial charge in [-0.2, -0.15) is 0 Å². The van der Waals surface area contributed by atoms with E-state index in [4.69, 9.17) is 14.9 Å². The number of hydrogen-bond donors (Lipinski definition) is 3. The molecule has 0 amide bonds. The Morgan fingerprint density at radius 3 is 2.15 bits per heavy atom. The summed E-state index contributed by atoms with van der Waals surface area (Å²) in [6.07, 6.45) is 0.169. The second kappa shape index (κ2) is 3.92. The van der Waals surface area contributed by atoms with Gasteiger partial charge in [0.1, 0.15) is 5.75 Å². The Morgan fingerprint density at radius 2 is 1.69 bits per heavy atom. The van der Waals surface area contributed by atoms with Crippen LogP contribution in [0.15, 0.2) is 24.3 Å². The minimum Gasteiger partial charge on any atom is -0.508 e. The summed E-state index contributed by atoms with van der Waals surface area (Å²) in [5, 5.41) is 8.93. The molecule has 0 spiro atoms. The van der Waals surface area contributed by atoms with Crippen molar-refractivity contribution < 1.29 is 19.5 Å². The number of phenolic OH excluding ortho intramolecular Hbond substituents is 1. The molecule has 0 unspecified atom stereocenters. The fourth-order valence-corrected chi connectivity index (χ4v) is 1.49. The number of rotatable bonds is 3. The molecule has 0 aliphatic heterocycles. The SMILES string of the molecule is O=P(O)(O)CCc1ccc(O)cc1. The normalized spacial score (nSPS) is 11.5. The van der Waals surface area contributed by atoms with Crippen LogP contribution in [-0.4, -0.2) is 21.1 Å². The van der Waals surface area contributed by atoms with Gasteiger partial charge in [0.2, 0.25) is 0 Å². The van der Waals surface area contributed by atoms with Gasteiger partial charge in [0.15, 0.2) is 0 Å². The van der Waals surface area contributed by atoms with Gasteiger partial charge in [-0.1, -0.05) is 12.1 Å². The van der Waals surface area contributed by atoms with Crippen molar-refractivity contribution in [1.29, 1.82) is 0 Å². The van der Waals surface area contributed by atoms with Crippen LogP contribution in [0.2, 0.25) is 0 Å². The zero-order valence-electron chi connectivity index (χ0n) is 6.92. The summed E-state index contributed by atoms with van der Waals surface area (Å²) in [5.41, 5.74) is 0.807. The van der Waals surface area contributed by atoms with Crippen molar-refractivity contribution in [3.05, 3.63) is 29.8 Å². The zero-order valence-corrected chi connectivity index (χ0v) is 7.82. The second-order valence-electron chi connectivity index (χ2n) is 2.80. The summed E-state index contributed by atoms with van der Waals surface area (Å²) in [7, 11) is -3.91. The van der Waals surface area contributed by atoms with Crippen LogP contribution in [0.25, 0.3) is 0 Å². The van der Waals surface area contributed by atoms with Gasteiger partial charge in [0.25, 0.3) is 0 Å². The minimum absolute atomic E-state index is 0.153. The van der Waals surface area contributed by atoms with E-state index in [0.717, 1.165) is 5.56 Å². The van der Waals surface area contributed by atoms with E-state index in [2.05, 4.69) is 0 Å². The van der Waals surface area contributed by atoms with E-state index in [0.29, 0.717) is 6.42 Å². The van der Waals surface area contributed by atoms with Crippen LogP contribution in [0, 0.1) is 0 Å². The predicted molar refractivity (Wildman–Crippen MR) is 48.7 cm³/mol. The molecule has 1 rings (SSSR count). The van der Waals surface area contributed by atoms with E-state index in [1.54, 1.807) is 12.1 Å². The molecule has 0 atom stereocenters. The summed E-state index contributed by atoms with van der Waals surface area (Å²) < 4.78 is 10.5. The Hall–Kier alpha value is -0.830. The number of aryl methyl sites for hydroxylation is 1. The van der Waals surface area contributed by atoms with Gasteiger partial charge in [-0.15, -0.1) is 0 Å². The van der Waals surface area contributed by atoms with Crippen molar-refractivity contribution in [3.63, 3.8) is 0 Å². The maximum Gasteiger partial charge on any atom is 0.325 e. The minimum atomic E-state index is -3.91. The van der Waals surface area contributed by atoms with Crippen LogP contribution in [0.1, 0.15) is 5.56 Å². The van der Waals surface area contributed by atoms with Crippen molar-refractivity contribution in [1.82, 2.24) is 0 Å². The molecule has 1 aromatic rings. The molecule has 0 radical (unpaired) electrons. The Labute approximate surface area is 76.0 Å². The highest BCUT2D eigenvalue weighted by atomic mass is 31.2. The molecular formula is C8H11O4P. The Morgan fingerprint density at radius 1 is 1.15 bits per heavy atom. The molecule has 13 heavy (non-hydrogen) atoms. The standard InChI is InChI=1S/C8H11O4P/c9-8-3-1-7(2-4-8)5-6-13(10,11)12/h1-4,9H,5-6H2,(H2,10,11,12). The van der Waals surface area contributed by atoms with Crippen molar-refractivity contribution in [2.45, 2.75) is 6.42 Å². The maximum atomic E-state index is 10.5.